The van der Waals surface area contributed by atoms with Crippen LogP contribution in [0.2, 0.25) is 0 Å². The molecule has 6 nitrogen and oxygen atoms in total. The van der Waals surface area contributed by atoms with Crippen LogP contribution in [0, 0.1) is 45.3 Å². The lowest BCUT2D eigenvalue weighted by Crippen LogP contribution is -2.54. The Hall–Kier alpha value is -5.98. The van der Waals surface area contributed by atoms with E-state index in [9.17, 15) is 36.9 Å². The van der Waals surface area contributed by atoms with Crippen LogP contribution in [0.15, 0.2) is 84.9 Å². The fourth-order valence-corrected chi connectivity index (χ4v) is 4.43. The second-order valence-corrected chi connectivity index (χ2v) is 8.80. The highest BCUT2D eigenvalue weighted by molar-refractivity contribution is 5.57. The quantitative estimate of drug-likeness (QED) is 0.210. The first-order valence-corrected chi connectivity index (χ1v) is 12.0. The molecule has 4 rings (SSSR count). The van der Waals surface area contributed by atoms with E-state index in [1.54, 1.807) is 24.3 Å². The van der Waals surface area contributed by atoms with Gasteiger partial charge in [0.1, 0.15) is 58.4 Å². The van der Waals surface area contributed by atoms with Crippen LogP contribution >= 0.6 is 0 Å². The molecule has 0 amide bonds. The smallest absolute Gasteiger partial charge is 0.411 e. The van der Waals surface area contributed by atoms with Crippen molar-refractivity contribution < 1.29 is 35.8 Å². The Morgan fingerprint density at radius 2 is 0.814 bits per heavy atom. The lowest BCUT2D eigenvalue weighted by molar-refractivity contribution is -0.288. The van der Waals surface area contributed by atoms with Crippen molar-refractivity contribution in [3.63, 3.8) is 0 Å². The molecule has 0 atom stereocenters. The summed E-state index contributed by atoms with van der Waals surface area (Å²) in [5.74, 6) is -0.569. The van der Waals surface area contributed by atoms with Crippen LogP contribution < -0.4 is 9.47 Å². The van der Waals surface area contributed by atoms with Gasteiger partial charge in [-0.3, -0.25) is 0 Å². The summed E-state index contributed by atoms with van der Waals surface area (Å²) in [4.78, 5) is 0. The average Bonchev–Trinajstić information content (AvgIpc) is 2.97. The lowest BCUT2D eigenvalue weighted by atomic mass is 9.73. The van der Waals surface area contributed by atoms with Gasteiger partial charge in [0.25, 0.3) is 0 Å². The Kier molecular flexibility index (Phi) is 8.01. The van der Waals surface area contributed by atoms with Gasteiger partial charge in [0.2, 0.25) is 5.41 Å². The zero-order chi connectivity index (χ0) is 31.4. The van der Waals surface area contributed by atoms with Gasteiger partial charge in [-0.1, -0.05) is 36.4 Å². The molecule has 0 aliphatic heterocycles. The second-order valence-electron chi connectivity index (χ2n) is 8.80. The lowest BCUT2D eigenvalue weighted by Gasteiger charge is -2.38. The molecule has 0 saturated heterocycles. The summed E-state index contributed by atoms with van der Waals surface area (Å²) in [6, 6.07) is 21.3. The van der Waals surface area contributed by atoms with Gasteiger partial charge in [-0.2, -0.15) is 47.4 Å². The van der Waals surface area contributed by atoms with Gasteiger partial charge in [0.05, 0.1) is 11.1 Å². The standard InChI is InChI=1S/C31H14F6N4O2/c32-30(33,34)29(31(35,36)37,21-7-11-23(12-8-21)42-27-5-1-3-19(15-38)25(27)17-40)22-9-13-24(14-10-22)43-28-6-2-4-20(16-39)26(28)18-41/h1-14H. The molecule has 0 aliphatic carbocycles. The number of alkyl halides is 6. The molecule has 4 aromatic carbocycles. The molecule has 212 valence electrons. The maximum absolute atomic E-state index is 14.6. The van der Waals surface area contributed by atoms with Crippen molar-refractivity contribution in [1.82, 2.24) is 0 Å². The molecule has 4 aromatic rings. The van der Waals surface area contributed by atoms with Crippen LogP contribution in [-0.2, 0) is 5.41 Å². The maximum atomic E-state index is 14.6. The van der Waals surface area contributed by atoms with Gasteiger partial charge in [0.15, 0.2) is 0 Å². The van der Waals surface area contributed by atoms with Crippen LogP contribution in [0.5, 0.6) is 23.0 Å². The fraction of sp³-hybridized carbons (Fsp3) is 0.0968. The third kappa shape index (κ3) is 5.38. The third-order valence-electron chi connectivity index (χ3n) is 6.40. The second kappa shape index (κ2) is 11.5. The number of rotatable bonds is 6. The number of halogens is 6. The van der Waals surface area contributed by atoms with Gasteiger partial charge in [-0.25, -0.2) is 0 Å². The topological polar surface area (TPSA) is 114 Å². The van der Waals surface area contributed by atoms with E-state index in [4.69, 9.17) is 20.0 Å². The molecule has 12 heteroatoms. The molecule has 0 bridgehead atoms. The molecule has 0 fully saturated rings. The van der Waals surface area contributed by atoms with Crippen molar-refractivity contribution in [2.45, 2.75) is 17.8 Å². The predicted octanol–water partition coefficient (Wildman–Crippen LogP) is 8.17. The van der Waals surface area contributed by atoms with Crippen LogP contribution in [0.1, 0.15) is 33.4 Å². The number of hydrogen-bond donors (Lipinski definition) is 0. The monoisotopic (exact) mass is 588 g/mol. The molecule has 0 aromatic heterocycles. The highest BCUT2D eigenvalue weighted by atomic mass is 19.4. The maximum Gasteiger partial charge on any atom is 0.411 e. The Morgan fingerprint density at radius 3 is 1.09 bits per heavy atom. The molecular formula is C31H14F6N4O2. The average molecular weight is 588 g/mol. The van der Waals surface area contributed by atoms with Crippen LogP contribution in [0.25, 0.3) is 0 Å². The van der Waals surface area contributed by atoms with E-state index in [0.29, 0.717) is 24.3 Å². The summed E-state index contributed by atoms with van der Waals surface area (Å²) >= 11 is 0. The molecule has 43 heavy (non-hydrogen) atoms. The van der Waals surface area contributed by atoms with E-state index in [1.807, 2.05) is 0 Å². The van der Waals surface area contributed by atoms with Gasteiger partial charge >= 0.3 is 12.4 Å². The Morgan fingerprint density at radius 1 is 0.465 bits per heavy atom. The SMILES string of the molecule is N#Cc1cccc(Oc2ccc(C(c3ccc(Oc4cccc(C#N)c4C#N)cc3)(C(F)(F)F)C(F)(F)F)cc2)c1C#N. The highest BCUT2D eigenvalue weighted by Gasteiger charge is 2.72. The van der Waals surface area contributed by atoms with E-state index in [0.717, 1.165) is 24.3 Å². The molecule has 0 saturated carbocycles. The molecule has 0 N–H and O–H groups in total. The van der Waals surface area contributed by atoms with Crippen molar-refractivity contribution in [2.24, 2.45) is 0 Å². The minimum absolute atomic E-state index is 0.0289. The van der Waals surface area contributed by atoms with E-state index < -0.39 is 28.9 Å². The molecule has 0 radical (unpaired) electrons. The zero-order valence-corrected chi connectivity index (χ0v) is 21.5. The Balaban J connectivity index is 1.76. The Labute approximate surface area is 240 Å². The Bertz CT molecular complexity index is 1700. The van der Waals surface area contributed by atoms with Crippen LogP contribution in [0.4, 0.5) is 26.3 Å². The summed E-state index contributed by atoms with van der Waals surface area (Å²) < 4.78 is 98.5. The molecule has 0 unspecified atom stereocenters. The predicted molar refractivity (Wildman–Crippen MR) is 138 cm³/mol. The van der Waals surface area contributed by atoms with Crippen LogP contribution in [0.3, 0.4) is 0 Å². The largest absolute Gasteiger partial charge is 0.456 e. The number of ether oxygens (including phenoxy) is 2. The number of nitrogens with zero attached hydrogens (tertiary/aromatic N) is 4. The zero-order valence-electron chi connectivity index (χ0n) is 21.5. The summed E-state index contributed by atoms with van der Waals surface area (Å²) in [5.41, 5.74) is -7.15. The normalized spacial score (nSPS) is 11.4. The van der Waals surface area contributed by atoms with Crippen molar-refractivity contribution in [2.75, 3.05) is 0 Å². The summed E-state index contributed by atoms with van der Waals surface area (Å²) in [6.45, 7) is 0. The number of benzene rings is 4. The fourth-order valence-electron chi connectivity index (χ4n) is 4.43. The molecule has 0 aliphatic rings. The summed E-state index contributed by atoms with van der Waals surface area (Å²) in [7, 11) is 0. The first kappa shape index (κ1) is 30.0. The van der Waals surface area contributed by atoms with E-state index >= 15 is 0 Å². The van der Waals surface area contributed by atoms with Crippen molar-refractivity contribution in [1.29, 1.82) is 21.0 Å². The first-order chi connectivity index (χ1) is 20.4. The van der Waals surface area contributed by atoms with Crippen molar-refractivity contribution in [3.8, 4) is 47.3 Å². The number of nitriles is 4. The van der Waals surface area contributed by atoms with E-state index in [-0.39, 0.29) is 45.3 Å². The van der Waals surface area contributed by atoms with Crippen molar-refractivity contribution >= 4 is 0 Å². The number of hydrogen-bond acceptors (Lipinski definition) is 6. The van der Waals surface area contributed by atoms with Gasteiger partial charge in [-0.15, -0.1) is 0 Å². The van der Waals surface area contributed by atoms with Gasteiger partial charge < -0.3 is 9.47 Å². The molecular weight excluding hydrogens is 574 g/mol. The highest BCUT2D eigenvalue weighted by Crippen LogP contribution is 2.56. The van der Waals surface area contributed by atoms with E-state index in [1.165, 1.54) is 36.4 Å². The van der Waals surface area contributed by atoms with E-state index in [2.05, 4.69) is 0 Å². The molecule has 0 spiro atoms. The van der Waals surface area contributed by atoms with Gasteiger partial charge in [-0.05, 0) is 59.7 Å². The van der Waals surface area contributed by atoms with Gasteiger partial charge in [0, 0.05) is 0 Å². The third-order valence-corrected chi connectivity index (χ3v) is 6.40. The first-order valence-electron chi connectivity index (χ1n) is 12.0. The molecule has 0 heterocycles. The summed E-state index contributed by atoms with van der Waals surface area (Å²) in [5, 5.41) is 37.0. The van der Waals surface area contributed by atoms with Crippen molar-refractivity contribution in [3.05, 3.63) is 118 Å². The minimum Gasteiger partial charge on any atom is -0.456 e. The van der Waals surface area contributed by atoms with Crippen LogP contribution in [-0.4, -0.2) is 12.4 Å². The minimum atomic E-state index is -5.86. The summed E-state index contributed by atoms with van der Waals surface area (Å²) in [6.07, 6.45) is -11.7.